The summed E-state index contributed by atoms with van der Waals surface area (Å²) in [5.74, 6) is -0.577. The van der Waals surface area contributed by atoms with E-state index < -0.39 is 48.4 Å². The summed E-state index contributed by atoms with van der Waals surface area (Å²) in [5, 5.41) is 10.5. The van der Waals surface area contributed by atoms with Crippen LogP contribution in [0.15, 0.2) is 77.3 Å². The number of aliphatic hydroxyl groups excluding tert-OH is 1. The Hall–Kier alpha value is -2.57. The molecular formula is C32H37BrO9. The minimum Gasteiger partial charge on any atom is -0.497 e. The van der Waals surface area contributed by atoms with Gasteiger partial charge in [0.25, 0.3) is 0 Å². The van der Waals surface area contributed by atoms with E-state index in [1.807, 2.05) is 50.3 Å². The predicted molar refractivity (Wildman–Crippen MR) is 157 cm³/mol. The van der Waals surface area contributed by atoms with E-state index >= 15 is 0 Å². The van der Waals surface area contributed by atoms with Crippen LogP contribution in [0.25, 0.3) is 0 Å². The molecule has 5 rings (SSSR count). The Kier molecular flexibility index (Phi) is 10.2. The second-order valence-corrected chi connectivity index (χ2v) is 11.8. The first kappa shape index (κ1) is 30.9. The van der Waals surface area contributed by atoms with Gasteiger partial charge in [0.15, 0.2) is 11.9 Å². The first-order valence-corrected chi connectivity index (χ1v) is 14.8. The molecule has 7 atom stereocenters. The lowest BCUT2D eigenvalue weighted by Gasteiger charge is -2.50. The maximum Gasteiger partial charge on any atom is 0.338 e. The molecule has 2 aromatic rings. The van der Waals surface area contributed by atoms with Gasteiger partial charge in [0.2, 0.25) is 0 Å². The molecule has 0 saturated carbocycles. The van der Waals surface area contributed by atoms with Crippen molar-refractivity contribution in [1.29, 1.82) is 0 Å². The zero-order valence-corrected chi connectivity index (χ0v) is 25.5. The summed E-state index contributed by atoms with van der Waals surface area (Å²) in [4.78, 5) is 13.2. The average Bonchev–Trinajstić information content (AvgIpc) is 3.18. The molecule has 226 valence electrons. The largest absolute Gasteiger partial charge is 0.497 e. The van der Waals surface area contributed by atoms with Gasteiger partial charge in [-0.2, -0.15) is 0 Å². The summed E-state index contributed by atoms with van der Waals surface area (Å²) in [7, 11) is 1.62. The number of fused-ring (bicyclic) bond motifs is 2. The van der Waals surface area contributed by atoms with Crippen LogP contribution >= 0.6 is 15.9 Å². The Bertz CT molecular complexity index is 1240. The molecule has 0 aromatic heterocycles. The molecule has 0 bridgehead atoms. The number of hydrogen-bond donors (Lipinski definition) is 1. The number of aliphatic hydroxyl groups is 1. The molecule has 10 heteroatoms. The number of ether oxygens (including phenoxy) is 7. The summed E-state index contributed by atoms with van der Waals surface area (Å²) in [5.41, 5.74) is 1.40. The maximum absolute atomic E-state index is 13.2. The second-order valence-electron chi connectivity index (χ2n) is 10.9. The van der Waals surface area contributed by atoms with Gasteiger partial charge in [0.05, 0.1) is 50.8 Å². The van der Waals surface area contributed by atoms with Crippen molar-refractivity contribution in [2.45, 2.75) is 75.4 Å². The first-order valence-electron chi connectivity index (χ1n) is 14.0. The second kappa shape index (κ2) is 13.8. The van der Waals surface area contributed by atoms with Crippen molar-refractivity contribution >= 4 is 21.9 Å². The molecule has 0 spiro atoms. The molecule has 42 heavy (non-hydrogen) atoms. The van der Waals surface area contributed by atoms with Crippen molar-refractivity contribution in [2.75, 3.05) is 20.3 Å². The van der Waals surface area contributed by atoms with Gasteiger partial charge < -0.3 is 38.3 Å². The monoisotopic (exact) mass is 644 g/mol. The number of carbonyl (C=O) groups excluding carboxylic acids is 1. The third-order valence-corrected chi connectivity index (χ3v) is 7.84. The SMILES string of the molecule is COc1ccc(COCC(O)/C=C/[C@H]2C=CC[C@@H]3O[C@@H]4COC(C)(C)O[C@H]4[C@H](OC(=O)c4ccc(Br)cc4)[C@H]3O2)cc1. The van der Waals surface area contributed by atoms with E-state index in [-0.39, 0.29) is 12.7 Å². The highest BCUT2D eigenvalue weighted by atomic mass is 79.9. The number of esters is 1. The van der Waals surface area contributed by atoms with Crippen molar-refractivity contribution in [1.82, 2.24) is 0 Å². The molecule has 0 aliphatic carbocycles. The first-order chi connectivity index (χ1) is 20.2. The third-order valence-electron chi connectivity index (χ3n) is 7.32. The average molecular weight is 646 g/mol. The Balaban J connectivity index is 1.25. The summed E-state index contributed by atoms with van der Waals surface area (Å²) in [6.07, 6.45) is 3.78. The quantitative estimate of drug-likeness (QED) is 0.306. The van der Waals surface area contributed by atoms with E-state index in [2.05, 4.69) is 15.9 Å². The van der Waals surface area contributed by atoms with Crippen LogP contribution in [0.3, 0.4) is 0 Å². The molecule has 2 fully saturated rings. The number of hydrogen-bond acceptors (Lipinski definition) is 9. The number of halogens is 1. The molecule has 0 amide bonds. The summed E-state index contributed by atoms with van der Waals surface area (Å²) in [6.45, 7) is 4.44. The van der Waals surface area contributed by atoms with E-state index in [1.165, 1.54) is 0 Å². The van der Waals surface area contributed by atoms with Gasteiger partial charge in [-0.1, -0.05) is 52.4 Å². The fourth-order valence-corrected chi connectivity index (χ4v) is 5.44. The van der Waals surface area contributed by atoms with Crippen molar-refractivity contribution in [3.05, 3.63) is 88.4 Å². The number of carbonyl (C=O) groups is 1. The highest BCUT2D eigenvalue weighted by Crippen LogP contribution is 2.38. The standard InChI is InChI=1S/C32H37BrO9/c1-32(2)38-19-27-29(42-32)30(41-31(35)21-9-11-22(33)12-10-21)28-26(40-27)6-4-5-25(39-28)16-13-23(34)18-37-17-20-7-14-24(36-3)15-8-20/h4-5,7-16,23,25-30,34H,6,17-19H2,1-3H3/b16-13+/t23?,25-,26+,27-,28+,29-,30-/m1/s1. The van der Waals surface area contributed by atoms with Crippen LogP contribution in [0.5, 0.6) is 5.75 Å². The van der Waals surface area contributed by atoms with Gasteiger partial charge >= 0.3 is 5.97 Å². The Morgan fingerprint density at radius 3 is 2.60 bits per heavy atom. The molecular weight excluding hydrogens is 608 g/mol. The molecule has 1 unspecified atom stereocenters. The lowest BCUT2D eigenvalue weighted by molar-refractivity contribution is -0.359. The van der Waals surface area contributed by atoms with Crippen LogP contribution in [0, 0.1) is 0 Å². The van der Waals surface area contributed by atoms with Crippen LogP contribution in [0.1, 0.15) is 36.2 Å². The molecule has 3 heterocycles. The molecule has 3 aliphatic rings. The van der Waals surface area contributed by atoms with Gasteiger partial charge in [-0.3, -0.25) is 0 Å². The van der Waals surface area contributed by atoms with E-state index in [0.717, 1.165) is 15.8 Å². The highest BCUT2D eigenvalue weighted by Gasteiger charge is 2.54. The van der Waals surface area contributed by atoms with Gasteiger partial charge in [-0.15, -0.1) is 0 Å². The maximum atomic E-state index is 13.2. The van der Waals surface area contributed by atoms with Gasteiger partial charge in [-0.25, -0.2) is 4.79 Å². The topological polar surface area (TPSA) is 102 Å². The van der Waals surface area contributed by atoms with Gasteiger partial charge in [0.1, 0.15) is 24.1 Å². The Morgan fingerprint density at radius 2 is 1.86 bits per heavy atom. The van der Waals surface area contributed by atoms with E-state index in [1.54, 1.807) is 43.5 Å². The normalized spacial score (nSPS) is 29.3. The van der Waals surface area contributed by atoms with Gasteiger partial charge in [0, 0.05) is 4.47 Å². The van der Waals surface area contributed by atoms with Gasteiger partial charge in [-0.05, 0) is 62.2 Å². The van der Waals surface area contributed by atoms with Crippen LogP contribution in [-0.2, 0) is 35.0 Å². The third kappa shape index (κ3) is 7.87. The molecule has 9 nitrogen and oxygen atoms in total. The van der Waals surface area contributed by atoms with Crippen LogP contribution < -0.4 is 4.74 Å². The van der Waals surface area contributed by atoms with Crippen molar-refractivity contribution < 1.29 is 43.1 Å². The molecule has 0 radical (unpaired) electrons. The van der Waals surface area contributed by atoms with Crippen molar-refractivity contribution in [3.8, 4) is 5.75 Å². The Labute approximate surface area is 254 Å². The fraction of sp³-hybridized carbons (Fsp3) is 0.469. The molecule has 2 aromatic carbocycles. The summed E-state index contributed by atoms with van der Waals surface area (Å²) >= 11 is 3.40. The van der Waals surface area contributed by atoms with E-state index in [0.29, 0.717) is 25.2 Å². The molecule has 1 N–H and O–H groups in total. The summed E-state index contributed by atoms with van der Waals surface area (Å²) in [6, 6.07) is 14.6. The van der Waals surface area contributed by atoms with E-state index in [9.17, 15) is 9.90 Å². The number of rotatable bonds is 9. The van der Waals surface area contributed by atoms with Crippen molar-refractivity contribution in [2.24, 2.45) is 0 Å². The van der Waals surface area contributed by atoms with Crippen LogP contribution in [0.2, 0.25) is 0 Å². The van der Waals surface area contributed by atoms with E-state index in [4.69, 9.17) is 33.2 Å². The highest BCUT2D eigenvalue weighted by molar-refractivity contribution is 9.10. The number of benzene rings is 2. The van der Waals surface area contributed by atoms with Crippen LogP contribution in [-0.4, -0.2) is 79.9 Å². The molecule has 3 aliphatic heterocycles. The Morgan fingerprint density at radius 1 is 1.10 bits per heavy atom. The lowest BCUT2D eigenvalue weighted by Crippen LogP contribution is -2.65. The lowest BCUT2D eigenvalue weighted by atomic mass is 9.92. The fourth-order valence-electron chi connectivity index (χ4n) is 5.17. The zero-order valence-electron chi connectivity index (χ0n) is 23.9. The number of methoxy groups -OCH3 is 1. The molecule has 2 saturated heterocycles. The zero-order chi connectivity index (χ0) is 29.7. The minimum atomic E-state index is -0.877. The summed E-state index contributed by atoms with van der Waals surface area (Å²) < 4.78 is 42.8. The minimum absolute atomic E-state index is 0.119. The van der Waals surface area contributed by atoms with Crippen molar-refractivity contribution in [3.63, 3.8) is 0 Å². The smallest absolute Gasteiger partial charge is 0.338 e. The van der Waals surface area contributed by atoms with Crippen LogP contribution in [0.4, 0.5) is 0 Å². The predicted octanol–water partition coefficient (Wildman–Crippen LogP) is 4.75.